The van der Waals surface area contributed by atoms with Gasteiger partial charge >= 0.3 is 0 Å². The largest absolute Gasteiger partial charge is 0.371 e. The molecule has 4 heterocycles. The van der Waals surface area contributed by atoms with Gasteiger partial charge in [0.1, 0.15) is 30.5 Å². The number of rotatable bonds is 4. The van der Waals surface area contributed by atoms with E-state index in [-0.39, 0.29) is 30.5 Å². The van der Waals surface area contributed by atoms with E-state index in [1.165, 1.54) is 0 Å². The molecule has 0 spiro atoms. The highest BCUT2D eigenvalue weighted by atomic mass is 16.8. The van der Waals surface area contributed by atoms with Gasteiger partial charge in [0, 0.05) is 0 Å². The van der Waals surface area contributed by atoms with Gasteiger partial charge in [-0.05, 0) is 27.7 Å². The molecule has 0 unspecified atom stereocenters. The Morgan fingerprint density at radius 3 is 2.36 bits per heavy atom. The Bertz CT molecular complexity index is 434. The maximum atomic E-state index is 6.05. The predicted octanol–water partition coefficient (Wildman–Crippen LogP) is 0.798. The van der Waals surface area contributed by atoms with Crippen LogP contribution in [0.4, 0.5) is 0 Å². The minimum atomic E-state index is -0.662. The lowest BCUT2D eigenvalue weighted by atomic mass is 10.1. The molecule has 0 radical (unpaired) electrons. The van der Waals surface area contributed by atoms with E-state index in [0.29, 0.717) is 13.2 Å². The molecule has 4 rings (SSSR count). The molecule has 4 fully saturated rings. The van der Waals surface area contributed by atoms with Crippen LogP contribution < -0.4 is 0 Å². The van der Waals surface area contributed by atoms with E-state index in [1.54, 1.807) is 0 Å². The number of ether oxygens (including phenoxy) is 7. The number of fused-ring (bicyclic) bond motifs is 1. The standard InChI is InChI=1S/C15H24O7/c1-14(2)18-7-9(20-14)10-11(17-6-8-5-16-8)12-13(19-10)22-15(3,4)21-12/h8-13H,5-7H2,1-4H3/t8-,9+,10+,11+,12+,13+/m0/s1. The van der Waals surface area contributed by atoms with Crippen LogP contribution in [0, 0.1) is 0 Å². The molecule has 22 heavy (non-hydrogen) atoms. The summed E-state index contributed by atoms with van der Waals surface area (Å²) in [5, 5.41) is 0. The number of hydrogen-bond acceptors (Lipinski definition) is 7. The van der Waals surface area contributed by atoms with Crippen molar-refractivity contribution in [1.29, 1.82) is 0 Å². The zero-order valence-electron chi connectivity index (χ0n) is 13.4. The Balaban J connectivity index is 1.48. The summed E-state index contributed by atoms with van der Waals surface area (Å²) in [6.07, 6.45) is -1.22. The lowest BCUT2D eigenvalue weighted by Gasteiger charge is -2.28. The molecule has 4 aliphatic heterocycles. The molecule has 7 heteroatoms. The molecule has 126 valence electrons. The predicted molar refractivity (Wildman–Crippen MR) is 73.1 cm³/mol. The van der Waals surface area contributed by atoms with Crippen LogP contribution in [0.2, 0.25) is 0 Å². The van der Waals surface area contributed by atoms with Crippen molar-refractivity contribution < 1.29 is 33.2 Å². The zero-order valence-corrected chi connectivity index (χ0v) is 13.4. The second-order valence-electron chi connectivity index (χ2n) is 7.19. The number of hydrogen-bond donors (Lipinski definition) is 0. The topological polar surface area (TPSA) is 67.9 Å². The highest BCUT2D eigenvalue weighted by Crippen LogP contribution is 2.42. The quantitative estimate of drug-likeness (QED) is 0.711. The first-order valence-corrected chi connectivity index (χ1v) is 7.89. The van der Waals surface area contributed by atoms with Gasteiger partial charge in [0.25, 0.3) is 0 Å². The van der Waals surface area contributed by atoms with Crippen molar-refractivity contribution in [1.82, 2.24) is 0 Å². The zero-order chi connectivity index (χ0) is 15.5. The van der Waals surface area contributed by atoms with Gasteiger partial charge in [-0.3, -0.25) is 0 Å². The van der Waals surface area contributed by atoms with Crippen molar-refractivity contribution >= 4 is 0 Å². The molecule has 4 saturated heterocycles. The molecular formula is C15H24O7. The second-order valence-corrected chi connectivity index (χ2v) is 7.19. The van der Waals surface area contributed by atoms with Gasteiger partial charge < -0.3 is 33.2 Å². The summed E-state index contributed by atoms with van der Waals surface area (Å²) in [5.41, 5.74) is 0. The highest BCUT2D eigenvalue weighted by Gasteiger charge is 2.59. The van der Waals surface area contributed by atoms with E-state index in [1.807, 2.05) is 27.7 Å². The van der Waals surface area contributed by atoms with Gasteiger partial charge in [-0.2, -0.15) is 0 Å². The summed E-state index contributed by atoms with van der Waals surface area (Å²) in [6, 6.07) is 0. The third-order valence-corrected chi connectivity index (χ3v) is 4.30. The highest BCUT2D eigenvalue weighted by molar-refractivity contribution is 4.99. The number of epoxide rings is 1. The Morgan fingerprint density at radius 1 is 0.955 bits per heavy atom. The van der Waals surface area contributed by atoms with Gasteiger partial charge in [-0.25, -0.2) is 0 Å². The minimum Gasteiger partial charge on any atom is -0.371 e. The van der Waals surface area contributed by atoms with E-state index in [4.69, 9.17) is 33.2 Å². The maximum Gasteiger partial charge on any atom is 0.190 e. The van der Waals surface area contributed by atoms with Crippen molar-refractivity contribution in [3.63, 3.8) is 0 Å². The third-order valence-electron chi connectivity index (χ3n) is 4.30. The fourth-order valence-corrected chi connectivity index (χ4v) is 3.25. The van der Waals surface area contributed by atoms with Gasteiger partial charge in [0.15, 0.2) is 17.9 Å². The van der Waals surface area contributed by atoms with Crippen LogP contribution in [-0.2, 0) is 33.2 Å². The molecular weight excluding hydrogens is 292 g/mol. The van der Waals surface area contributed by atoms with E-state index in [0.717, 1.165) is 6.61 Å². The molecule has 0 aromatic rings. The molecule has 0 aromatic carbocycles. The fourth-order valence-electron chi connectivity index (χ4n) is 3.25. The molecule has 6 atom stereocenters. The van der Waals surface area contributed by atoms with Gasteiger partial charge in [0.2, 0.25) is 0 Å². The van der Waals surface area contributed by atoms with Gasteiger partial charge in [0.05, 0.1) is 19.8 Å². The maximum absolute atomic E-state index is 6.05. The normalized spacial score (nSPS) is 48.5. The van der Waals surface area contributed by atoms with E-state index in [9.17, 15) is 0 Å². The van der Waals surface area contributed by atoms with Crippen molar-refractivity contribution in [2.75, 3.05) is 19.8 Å². The SMILES string of the molecule is CC1(C)O[C@H]2O[C@H]([C@H]3COC(C)(C)O3)[C@@H](OC[C@@H]3CO3)[C@H]2O1. The Labute approximate surface area is 130 Å². The third kappa shape index (κ3) is 2.91. The van der Waals surface area contributed by atoms with E-state index < -0.39 is 17.9 Å². The van der Waals surface area contributed by atoms with Crippen LogP contribution >= 0.6 is 0 Å². The molecule has 0 N–H and O–H groups in total. The Hall–Kier alpha value is -0.280. The van der Waals surface area contributed by atoms with Crippen LogP contribution in [0.15, 0.2) is 0 Å². The second kappa shape index (κ2) is 5.11. The molecule has 4 aliphatic rings. The summed E-state index contributed by atoms with van der Waals surface area (Å²) < 4.78 is 40.7. The van der Waals surface area contributed by atoms with Crippen LogP contribution in [0.5, 0.6) is 0 Å². The average Bonchev–Trinajstić information content (AvgIpc) is 2.99. The van der Waals surface area contributed by atoms with E-state index in [2.05, 4.69) is 0 Å². The van der Waals surface area contributed by atoms with Crippen LogP contribution in [-0.4, -0.2) is 68.2 Å². The van der Waals surface area contributed by atoms with E-state index >= 15 is 0 Å². The first-order valence-electron chi connectivity index (χ1n) is 7.89. The van der Waals surface area contributed by atoms with Crippen LogP contribution in [0.25, 0.3) is 0 Å². The molecule has 0 aliphatic carbocycles. The smallest absolute Gasteiger partial charge is 0.190 e. The summed E-state index contributed by atoms with van der Waals surface area (Å²) in [4.78, 5) is 0. The lowest BCUT2D eigenvalue weighted by Crippen LogP contribution is -2.44. The molecule has 0 saturated carbocycles. The summed E-state index contributed by atoms with van der Waals surface area (Å²) in [5.74, 6) is -1.26. The molecule has 0 aromatic heterocycles. The Morgan fingerprint density at radius 2 is 1.73 bits per heavy atom. The van der Waals surface area contributed by atoms with Gasteiger partial charge in [-0.15, -0.1) is 0 Å². The molecule has 0 amide bonds. The van der Waals surface area contributed by atoms with Crippen LogP contribution in [0.1, 0.15) is 27.7 Å². The summed E-state index contributed by atoms with van der Waals surface area (Å²) in [7, 11) is 0. The average molecular weight is 316 g/mol. The van der Waals surface area contributed by atoms with Gasteiger partial charge in [-0.1, -0.05) is 0 Å². The lowest BCUT2D eigenvalue weighted by molar-refractivity contribution is -0.236. The molecule has 0 bridgehead atoms. The first-order chi connectivity index (χ1) is 10.3. The van der Waals surface area contributed by atoms with Crippen molar-refractivity contribution in [3.05, 3.63) is 0 Å². The van der Waals surface area contributed by atoms with Crippen LogP contribution in [0.3, 0.4) is 0 Å². The van der Waals surface area contributed by atoms with Crippen molar-refractivity contribution in [2.24, 2.45) is 0 Å². The van der Waals surface area contributed by atoms with Crippen molar-refractivity contribution in [2.45, 2.75) is 76.1 Å². The first kappa shape index (κ1) is 15.3. The monoisotopic (exact) mass is 316 g/mol. The fraction of sp³-hybridized carbons (Fsp3) is 1.00. The van der Waals surface area contributed by atoms with Crippen molar-refractivity contribution in [3.8, 4) is 0 Å². The minimum absolute atomic E-state index is 0.187. The Kier molecular flexibility index (Phi) is 3.54. The summed E-state index contributed by atoms with van der Waals surface area (Å²) >= 11 is 0. The summed E-state index contributed by atoms with van der Waals surface area (Å²) in [6.45, 7) is 9.31. The molecule has 7 nitrogen and oxygen atoms in total.